The Bertz CT molecular complexity index is 458. The van der Waals surface area contributed by atoms with Crippen LogP contribution in [0.4, 0.5) is 8.78 Å². The minimum absolute atomic E-state index is 0. The van der Waals surface area contributed by atoms with Crippen molar-refractivity contribution >= 4 is 28.2 Å². The van der Waals surface area contributed by atoms with Gasteiger partial charge >= 0.3 is 0 Å². The average molecular weight is 319 g/mol. The lowest BCUT2D eigenvalue weighted by Gasteiger charge is -2.26. The Morgan fingerprint density at radius 2 is 2.05 bits per heavy atom. The van der Waals surface area contributed by atoms with E-state index in [2.05, 4.69) is 5.32 Å². The molecule has 0 bridgehead atoms. The number of halogens is 3. The highest BCUT2D eigenvalue weighted by molar-refractivity contribution is 7.91. The molecule has 9 heteroatoms. The molecule has 0 aromatic carbocycles. The molecule has 112 valence electrons. The van der Waals surface area contributed by atoms with Crippen molar-refractivity contribution < 1.29 is 22.0 Å². The third-order valence-corrected chi connectivity index (χ3v) is 5.26. The van der Waals surface area contributed by atoms with E-state index in [0.29, 0.717) is 6.42 Å². The molecule has 0 saturated carbocycles. The Balaban J connectivity index is 0.00000180. The molecule has 1 N–H and O–H groups in total. The van der Waals surface area contributed by atoms with Crippen LogP contribution in [0.25, 0.3) is 0 Å². The SMILES string of the molecule is CN(C(=O)C1CC(F)(F)CN1)C1CCS(=O)(=O)C1.Cl. The highest BCUT2D eigenvalue weighted by atomic mass is 35.5. The lowest BCUT2D eigenvalue weighted by atomic mass is 10.1. The monoisotopic (exact) mass is 318 g/mol. The van der Waals surface area contributed by atoms with Crippen LogP contribution < -0.4 is 5.32 Å². The van der Waals surface area contributed by atoms with Crippen molar-refractivity contribution in [1.82, 2.24) is 10.2 Å². The van der Waals surface area contributed by atoms with E-state index >= 15 is 0 Å². The van der Waals surface area contributed by atoms with Gasteiger partial charge in [-0.05, 0) is 6.42 Å². The van der Waals surface area contributed by atoms with Crippen LogP contribution in [0.1, 0.15) is 12.8 Å². The van der Waals surface area contributed by atoms with Gasteiger partial charge in [0.25, 0.3) is 5.92 Å². The molecule has 2 atom stereocenters. The predicted molar refractivity (Wildman–Crippen MR) is 68.4 cm³/mol. The van der Waals surface area contributed by atoms with Gasteiger partial charge in [-0.25, -0.2) is 17.2 Å². The minimum Gasteiger partial charge on any atom is -0.340 e. The van der Waals surface area contributed by atoms with E-state index in [0.717, 1.165) is 0 Å². The molecule has 0 radical (unpaired) electrons. The summed E-state index contributed by atoms with van der Waals surface area (Å²) in [6, 6.07) is -1.30. The molecular weight excluding hydrogens is 302 g/mol. The molecule has 2 rings (SSSR count). The maximum Gasteiger partial charge on any atom is 0.262 e. The van der Waals surface area contributed by atoms with Crippen LogP contribution in [0.5, 0.6) is 0 Å². The number of sulfone groups is 1. The van der Waals surface area contributed by atoms with E-state index in [1.165, 1.54) is 11.9 Å². The van der Waals surface area contributed by atoms with Crippen molar-refractivity contribution in [3.8, 4) is 0 Å². The van der Waals surface area contributed by atoms with Crippen LogP contribution >= 0.6 is 12.4 Å². The van der Waals surface area contributed by atoms with Gasteiger partial charge in [-0.15, -0.1) is 12.4 Å². The predicted octanol–water partition coefficient (Wildman–Crippen LogP) is 0.0509. The van der Waals surface area contributed by atoms with Gasteiger partial charge < -0.3 is 4.90 Å². The van der Waals surface area contributed by atoms with Crippen LogP contribution in [-0.4, -0.2) is 62.3 Å². The summed E-state index contributed by atoms with van der Waals surface area (Å²) in [7, 11) is -1.60. The first kappa shape index (κ1) is 16.6. The van der Waals surface area contributed by atoms with Crippen molar-refractivity contribution in [2.75, 3.05) is 25.1 Å². The second kappa shape index (κ2) is 5.49. The highest BCUT2D eigenvalue weighted by Gasteiger charge is 2.44. The molecule has 2 heterocycles. The average Bonchev–Trinajstić information content (AvgIpc) is 2.79. The summed E-state index contributed by atoms with van der Waals surface area (Å²) >= 11 is 0. The van der Waals surface area contributed by atoms with E-state index < -0.39 is 46.7 Å². The summed E-state index contributed by atoms with van der Waals surface area (Å²) in [6.45, 7) is -0.500. The van der Waals surface area contributed by atoms with Gasteiger partial charge in [-0.3, -0.25) is 10.1 Å². The van der Waals surface area contributed by atoms with Gasteiger partial charge in [0.2, 0.25) is 5.91 Å². The molecule has 2 fully saturated rings. The zero-order valence-corrected chi connectivity index (χ0v) is 12.1. The molecule has 19 heavy (non-hydrogen) atoms. The first-order chi connectivity index (χ1) is 8.20. The Morgan fingerprint density at radius 1 is 1.42 bits per heavy atom. The molecule has 0 aromatic rings. The first-order valence-electron chi connectivity index (χ1n) is 5.78. The summed E-state index contributed by atoms with van der Waals surface area (Å²) in [5, 5.41) is 2.48. The molecule has 2 unspecified atom stereocenters. The van der Waals surface area contributed by atoms with E-state index in [1.54, 1.807) is 0 Å². The smallest absolute Gasteiger partial charge is 0.262 e. The summed E-state index contributed by atoms with van der Waals surface area (Å²) in [6.07, 6.45) is -0.136. The van der Waals surface area contributed by atoms with Gasteiger partial charge in [0.05, 0.1) is 24.1 Å². The number of carbonyl (C=O) groups excluding carboxylic acids is 1. The van der Waals surface area contributed by atoms with E-state index in [-0.39, 0.29) is 23.9 Å². The number of rotatable bonds is 2. The van der Waals surface area contributed by atoms with Crippen LogP contribution in [0.15, 0.2) is 0 Å². The largest absolute Gasteiger partial charge is 0.340 e. The van der Waals surface area contributed by atoms with Crippen molar-refractivity contribution in [3.05, 3.63) is 0 Å². The molecule has 0 aliphatic carbocycles. The van der Waals surface area contributed by atoms with Crippen molar-refractivity contribution in [2.24, 2.45) is 0 Å². The Hall–Kier alpha value is -0.470. The van der Waals surface area contributed by atoms with E-state index in [1.807, 2.05) is 0 Å². The fourth-order valence-electron chi connectivity index (χ4n) is 2.40. The second-order valence-electron chi connectivity index (χ2n) is 5.00. The van der Waals surface area contributed by atoms with Gasteiger partial charge in [-0.2, -0.15) is 0 Å². The van der Waals surface area contributed by atoms with Crippen LogP contribution in [0, 0.1) is 0 Å². The number of nitrogens with zero attached hydrogens (tertiary/aromatic N) is 1. The summed E-state index contributed by atoms with van der Waals surface area (Å²) in [5.41, 5.74) is 0. The number of hydrogen-bond acceptors (Lipinski definition) is 4. The molecule has 2 saturated heterocycles. The standard InChI is InChI=1S/C10H16F2N2O3S.ClH/c1-14(7-2-3-18(16,17)5-7)9(15)8-4-10(11,12)6-13-8;/h7-8,13H,2-6H2,1H3;1H. The summed E-state index contributed by atoms with van der Waals surface area (Å²) in [5.74, 6) is -3.32. The number of hydrogen-bond donors (Lipinski definition) is 1. The third kappa shape index (κ3) is 3.76. The quantitative estimate of drug-likeness (QED) is 0.781. The van der Waals surface area contributed by atoms with Gasteiger partial charge in [0.15, 0.2) is 9.84 Å². The van der Waals surface area contributed by atoms with E-state index in [4.69, 9.17) is 0 Å². The lowest BCUT2D eigenvalue weighted by Crippen LogP contribution is -2.46. The number of alkyl halides is 2. The third-order valence-electron chi connectivity index (χ3n) is 3.51. The molecule has 5 nitrogen and oxygen atoms in total. The van der Waals surface area contributed by atoms with Crippen molar-refractivity contribution in [2.45, 2.75) is 30.8 Å². The van der Waals surface area contributed by atoms with Crippen LogP contribution in [-0.2, 0) is 14.6 Å². The second-order valence-corrected chi connectivity index (χ2v) is 7.23. The van der Waals surface area contributed by atoms with Crippen molar-refractivity contribution in [1.29, 1.82) is 0 Å². The number of likely N-dealkylation sites (N-methyl/N-ethyl adjacent to an activating group) is 1. The molecular formula is C10H17ClF2N2O3S. The number of amides is 1. The normalized spacial score (nSPS) is 31.7. The molecule has 1 amide bonds. The molecule has 2 aliphatic heterocycles. The first-order valence-corrected chi connectivity index (χ1v) is 7.61. The van der Waals surface area contributed by atoms with Gasteiger partial charge in [0, 0.05) is 19.5 Å². The van der Waals surface area contributed by atoms with Crippen LogP contribution in [0.2, 0.25) is 0 Å². The molecule has 0 aromatic heterocycles. The molecule has 0 spiro atoms. The fraction of sp³-hybridized carbons (Fsp3) is 0.900. The van der Waals surface area contributed by atoms with Crippen molar-refractivity contribution in [3.63, 3.8) is 0 Å². The highest BCUT2D eigenvalue weighted by Crippen LogP contribution is 2.27. The Labute approximate surface area is 117 Å². The molecule has 2 aliphatic rings. The van der Waals surface area contributed by atoms with Gasteiger partial charge in [-0.1, -0.05) is 0 Å². The maximum atomic E-state index is 13.0. The Morgan fingerprint density at radius 3 is 2.47 bits per heavy atom. The fourth-order valence-corrected chi connectivity index (χ4v) is 4.17. The topological polar surface area (TPSA) is 66.5 Å². The maximum absolute atomic E-state index is 13.0. The summed E-state index contributed by atoms with van der Waals surface area (Å²) in [4.78, 5) is 13.3. The summed E-state index contributed by atoms with van der Waals surface area (Å²) < 4.78 is 48.6. The van der Waals surface area contributed by atoms with Gasteiger partial charge in [0.1, 0.15) is 0 Å². The lowest BCUT2D eigenvalue weighted by molar-refractivity contribution is -0.134. The zero-order valence-electron chi connectivity index (χ0n) is 10.4. The van der Waals surface area contributed by atoms with E-state index in [9.17, 15) is 22.0 Å². The number of nitrogens with one attached hydrogen (secondary N) is 1. The van der Waals surface area contributed by atoms with Crippen LogP contribution in [0.3, 0.4) is 0 Å². The number of carbonyl (C=O) groups is 1. The Kier molecular flexibility index (Phi) is 4.79. The zero-order chi connectivity index (χ0) is 13.6. The minimum atomic E-state index is -3.08.